The number of amides is 1. The number of nitrogens with zero attached hydrogens (tertiary/aromatic N) is 5. The van der Waals surface area contributed by atoms with Crippen LogP contribution in [0, 0.1) is 0 Å². The average molecular weight is 420 g/mol. The number of carbonyl (C=O) groups excluding carboxylic acids is 1. The smallest absolute Gasteiger partial charge is 0.255 e. The molecule has 1 fully saturated rings. The second-order valence-corrected chi connectivity index (χ2v) is 6.96. The van der Waals surface area contributed by atoms with Crippen molar-refractivity contribution in [3.05, 3.63) is 60.6 Å². The van der Waals surface area contributed by atoms with Crippen molar-refractivity contribution in [2.45, 2.75) is 0 Å². The summed E-state index contributed by atoms with van der Waals surface area (Å²) in [6, 6.07) is 10.9. The predicted octanol–water partition coefficient (Wildman–Crippen LogP) is 2.47. The van der Waals surface area contributed by atoms with Crippen LogP contribution in [0.15, 0.2) is 55.0 Å². The number of benzene rings is 1. The van der Waals surface area contributed by atoms with Gasteiger partial charge in [0.05, 0.1) is 32.3 Å². The number of anilines is 3. The van der Waals surface area contributed by atoms with E-state index in [9.17, 15) is 4.79 Å². The number of pyridine rings is 1. The summed E-state index contributed by atoms with van der Waals surface area (Å²) in [5.41, 5.74) is 0.975. The van der Waals surface area contributed by atoms with Crippen molar-refractivity contribution >= 4 is 23.4 Å². The summed E-state index contributed by atoms with van der Waals surface area (Å²) in [6.45, 7) is 3.29. The maximum absolute atomic E-state index is 12.6. The first-order valence-electron chi connectivity index (χ1n) is 9.94. The van der Waals surface area contributed by atoms with Crippen LogP contribution in [0.1, 0.15) is 10.4 Å². The molecule has 0 unspecified atom stereocenters. The van der Waals surface area contributed by atoms with Crippen LogP contribution >= 0.6 is 0 Å². The fourth-order valence-corrected chi connectivity index (χ4v) is 3.41. The van der Waals surface area contributed by atoms with E-state index in [0.717, 1.165) is 32.0 Å². The van der Waals surface area contributed by atoms with Gasteiger partial charge < -0.3 is 24.6 Å². The Hall–Kier alpha value is -3.88. The van der Waals surface area contributed by atoms with Gasteiger partial charge in [0.1, 0.15) is 5.82 Å². The minimum atomic E-state index is -0.277. The first-order chi connectivity index (χ1) is 15.2. The number of carbonyl (C=O) groups is 1. The number of methoxy groups -OCH3 is 2. The van der Waals surface area contributed by atoms with Crippen LogP contribution in [-0.4, -0.2) is 61.3 Å². The van der Waals surface area contributed by atoms with E-state index in [-0.39, 0.29) is 5.91 Å². The number of aromatic nitrogens is 3. The van der Waals surface area contributed by atoms with E-state index in [2.05, 4.69) is 30.1 Å². The largest absolute Gasteiger partial charge is 0.493 e. The Morgan fingerprint density at radius 2 is 1.61 bits per heavy atom. The molecule has 0 radical (unpaired) electrons. The number of ether oxygens (including phenoxy) is 2. The summed E-state index contributed by atoms with van der Waals surface area (Å²) in [4.78, 5) is 30.2. The first kappa shape index (κ1) is 20.4. The van der Waals surface area contributed by atoms with Gasteiger partial charge in [0.15, 0.2) is 11.5 Å². The van der Waals surface area contributed by atoms with Crippen molar-refractivity contribution in [2.24, 2.45) is 0 Å². The van der Waals surface area contributed by atoms with Crippen LogP contribution < -0.4 is 24.6 Å². The van der Waals surface area contributed by atoms with E-state index in [1.165, 1.54) is 7.11 Å². The van der Waals surface area contributed by atoms with Gasteiger partial charge in [-0.05, 0) is 30.3 Å². The maximum atomic E-state index is 12.6. The second kappa shape index (κ2) is 9.29. The third kappa shape index (κ3) is 4.66. The average Bonchev–Trinajstić information content (AvgIpc) is 2.84. The van der Waals surface area contributed by atoms with Crippen molar-refractivity contribution in [3.63, 3.8) is 0 Å². The zero-order valence-corrected chi connectivity index (χ0v) is 17.5. The predicted molar refractivity (Wildman–Crippen MR) is 118 cm³/mol. The van der Waals surface area contributed by atoms with Gasteiger partial charge in [-0.3, -0.25) is 4.79 Å². The molecule has 1 amide bonds. The molecule has 31 heavy (non-hydrogen) atoms. The van der Waals surface area contributed by atoms with E-state index in [1.54, 1.807) is 43.9 Å². The van der Waals surface area contributed by atoms with Gasteiger partial charge in [-0.15, -0.1) is 0 Å². The Kier molecular flexibility index (Phi) is 6.11. The molecule has 1 aromatic carbocycles. The van der Waals surface area contributed by atoms with Gasteiger partial charge in [0.2, 0.25) is 5.95 Å². The summed E-state index contributed by atoms with van der Waals surface area (Å²) >= 11 is 0. The van der Waals surface area contributed by atoms with Crippen molar-refractivity contribution in [2.75, 3.05) is 55.5 Å². The lowest BCUT2D eigenvalue weighted by Gasteiger charge is -2.35. The highest BCUT2D eigenvalue weighted by molar-refractivity contribution is 6.04. The van der Waals surface area contributed by atoms with Crippen LogP contribution in [0.25, 0.3) is 0 Å². The maximum Gasteiger partial charge on any atom is 0.255 e. The van der Waals surface area contributed by atoms with E-state index >= 15 is 0 Å². The Bertz CT molecular complexity index is 1020. The Labute approximate surface area is 180 Å². The van der Waals surface area contributed by atoms with Gasteiger partial charge in [-0.25, -0.2) is 15.0 Å². The molecule has 1 aliphatic rings. The standard InChI is InChI=1S/C22H24N6O3/c1-30-18-7-6-16(13-19(18)31-2)21(29)26-17-14-24-22(25-15-17)28-11-9-27(10-12-28)20-5-3-4-8-23-20/h3-8,13-15H,9-12H2,1-2H3,(H,26,29). The molecular formula is C22H24N6O3. The van der Waals surface area contributed by atoms with Gasteiger partial charge in [-0.1, -0.05) is 6.07 Å². The van der Waals surface area contributed by atoms with Crippen molar-refractivity contribution in [3.8, 4) is 11.5 Å². The summed E-state index contributed by atoms with van der Waals surface area (Å²) < 4.78 is 10.5. The molecule has 160 valence electrons. The van der Waals surface area contributed by atoms with Crippen LogP contribution in [-0.2, 0) is 0 Å². The van der Waals surface area contributed by atoms with Gasteiger partial charge in [-0.2, -0.15) is 0 Å². The summed E-state index contributed by atoms with van der Waals surface area (Å²) in [6.07, 6.45) is 5.04. The quantitative estimate of drug-likeness (QED) is 0.650. The molecule has 3 aromatic rings. The van der Waals surface area contributed by atoms with Crippen LogP contribution in [0.4, 0.5) is 17.5 Å². The van der Waals surface area contributed by atoms with Crippen LogP contribution in [0.3, 0.4) is 0 Å². The molecule has 0 spiro atoms. The third-order valence-electron chi connectivity index (χ3n) is 5.08. The van der Waals surface area contributed by atoms with Crippen molar-refractivity contribution in [1.82, 2.24) is 15.0 Å². The molecule has 2 aromatic heterocycles. The number of rotatable bonds is 6. The van der Waals surface area contributed by atoms with E-state index in [1.807, 2.05) is 18.2 Å². The highest BCUT2D eigenvalue weighted by atomic mass is 16.5. The number of nitrogens with one attached hydrogen (secondary N) is 1. The van der Waals surface area contributed by atoms with Crippen LogP contribution in [0.2, 0.25) is 0 Å². The van der Waals surface area contributed by atoms with E-state index in [4.69, 9.17) is 9.47 Å². The summed E-state index contributed by atoms with van der Waals surface area (Å²) in [5.74, 6) is 2.41. The Morgan fingerprint density at radius 3 is 2.26 bits per heavy atom. The molecule has 0 bridgehead atoms. The lowest BCUT2D eigenvalue weighted by Crippen LogP contribution is -2.47. The first-order valence-corrected chi connectivity index (χ1v) is 9.94. The fraction of sp³-hybridized carbons (Fsp3) is 0.273. The third-order valence-corrected chi connectivity index (χ3v) is 5.08. The van der Waals surface area contributed by atoms with Crippen molar-refractivity contribution in [1.29, 1.82) is 0 Å². The molecule has 3 heterocycles. The number of piperazine rings is 1. The molecule has 9 nitrogen and oxygen atoms in total. The molecular weight excluding hydrogens is 396 g/mol. The monoisotopic (exact) mass is 420 g/mol. The van der Waals surface area contributed by atoms with Crippen LogP contribution in [0.5, 0.6) is 11.5 Å². The molecule has 1 aliphatic heterocycles. The fourth-order valence-electron chi connectivity index (χ4n) is 3.41. The minimum absolute atomic E-state index is 0.277. The molecule has 4 rings (SSSR count). The van der Waals surface area contributed by atoms with Gasteiger partial charge in [0.25, 0.3) is 5.91 Å². The van der Waals surface area contributed by atoms with E-state index < -0.39 is 0 Å². The van der Waals surface area contributed by atoms with Crippen molar-refractivity contribution < 1.29 is 14.3 Å². The molecule has 0 atom stereocenters. The minimum Gasteiger partial charge on any atom is -0.493 e. The summed E-state index contributed by atoms with van der Waals surface area (Å²) in [7, 11) is 3.08. The molecule has 9 heteroatoms. The molecule has 0 aliphatic carbocycles. The zero-order valence-electron chi connectivity index (χ0n) is 17.5. The molecule has 0 saturated carbocycles. The number of hydrogen-bond acceptors (Lipinski definition) is 8. The second-order valence-electron chi connectivity index (χ2n) is 6.96. The van der Waals surface area contributed by atoms with Gasteiger partial charge in [0, 0.05) is 37.9 Å². The highest BCUT2D eigenvalue weighted by Crippen LogP contribution is 2.28. The Balaban J connectivity index is 1.36. The van der Waals surface area contributed by atoms with Gasteiger partial charge >= 0.3 is 0 Å². The lowest BCUT2D eigenvalue weighted by molar-refractivity contribution is 0.102. The summed E-state index contributed by atoms with van der Waals surface area (Å²) in [5, 5.41) is 2.81. The topological polar surface area (TPSA) is 92.7 Å². The lowest BCUT2D eigenvalue weighted by atomic mass is 10.2. The number of hydrogen-bond donors (Lipinski definition) is 1. The highest BCUT2D eigenvalue weighted by Gasteiger charge is 2.20. The normalized spacial score (nSPS) is 13.6. The Morgan fingerprint density at radius 1 is 0.903 bits per heavy atom. The van der Waals surface area contributed by atoms with E-state index in [0.29, 0.717) is 28.7 Å². The zero-order chi connectivity index (χ0) is 21.6. The molecule has 1 N–H and O–H groups in total. The molecule has 1 saturated heterocycles. The SMILES string of the molecule is COc1ccc(C(=O)Nc2cnc(N3CCN(c4ccccn4)CC3)nc2)cc1OC.